The third-order valence-corrected chi connectivity index (χ3v) is 7.87. The quantitative estimate of drug-likeness (QED) is 0.569. The van der Waals surface area contributed by atoms with Gasteiger partial charge in [0, 0.05) is 31.0 Å². The first-order chi connectivity index (χ1) is 17.8. The molecule has 3 unspecified atom stereocenters. The number of β-amino-alcohol motifs (C(OH)–C–C–N with tert-alkyl or cyclic N) is 1. The molecule has 3 aliphatic rings. The molecule has 2 aliphatic heterocycles. The lowest BCUT2D eigenvalue weighted by Gasteiger charge is -2.35. The zero-order chi connectivity index (χ0) is 26.1. The molecule has 2 heterocycles. The Bertz CT molecular complexity index is 1190. The molecule has 0 saturated carbocycles. The van der Waals surface area contributed by atoms with Crippen LogP contribution in [-0.4, -0.2) is 57.4 Å². The van der Waals surface area contributed by atoms with Gasteiger partial charge < -0.3 is 20.2 Å². The van der Waals surface area contributed by atoms with Crippen LogP contribution in [0.25, 0.3) is 0 Å². The van der Waals surface area contributed by atoms with Gasteiger partial charge in [-0.3, -0.25) is 14.4 Å². The van der Waals surface area contributed by atoms with Gasteiger partial charge in [0.1, 0.15) is 12.1 Å². The molecule has 194 valence electrons. The van der Waals surface area contributed by atoms with Gasteiger partial charge in [-0.2, -0.15) is 0 Å². The van der Waals surface area contributed by atoms with Crippen molar-refractivity contribution in [2.75, 3.05) is 6.54 Å². The summed E-state index contributed by atoms with van der Waals surface area (Å²) in [4.78, 5) is 44.0. The minimum absolute atomic E-state index is 0.0778. The molecule has 0 spiro atoms. The van der Waals surface area contributed by atoms with Crippen molar-refractivity contribution < 1.29 is 19.5 Å². The van der Waals surface area contributed by atoms with E-state index in [-0.39, 0.29) is 48.6 Å². The number of amides is 3. The van der Waals surface area contributed by atoms with Crippen molar-refractivity contribution in [3.63, 3.8) is 0 Å². The van der Waals surface area contributed by atoms with Crippen LogP contribution in [0.3, 0.4) is 0 Å². The Morgan fingerprint density at radius 1 is 1.05 bits per heavy atom. The normalized spacial score (nSPS) is 24.4. The van der Waals surface area contributed by atoms with Gasteiger partial charge in [0.2, 0.25) is 11.8 Å². The third kappa shape index (κ3) is 4.92. The van der Waals surface area contributed by atoms with Gasteiger partial charge in [0.25, 0.3) is 5.91 Å². The van der Waals surface area contributed by atoms with Crippen molar-refractivity contribution in [3.8, 4) is 0 Å². The van der Waals surface area contributed by atoms with E-state index in [2.05, 4.69) is 17.5 Å². The van der Waals surface area contributed by atoms with E-state index in [1.54, 1.807) is 11.0 Å². The zero-order valence-corrected chi connectivity index (χ0v) is 21.4. The first-order valence-electron chi connectivity index (χ1n) is 13.2. The van der Waals surface area contributed by atoms with Crippen molar-refractivity contribution in [1.82, 2.24) is 15.1 Å². The molecule has 1 saturated heterocycles. The molecular weight excluding hydrogens is 466 g/mol. The number of aliphatic hydroxyl groups is 1. The highest BCUT2D eigenvalue weighted by Crippen LogP contribution is 2.33. The van der Waals surface area contributed by atoms with Crippen molar-refractivity contribution in [1.29, 1.82) is 0 Å². The number of hydrogen-bond donors (Lipinski definition) is 2. The standard InChI is InChI=1S/C30H35N3O4/c1-19(2)27(33-17-22-14-8-9-15-24(22)29(33)36)30(37)32-18-23(34)16-25(32)28(35)31-26(21-12-6-7-13-21)20-10-4-3-5-11-20/h3-6,8-12,14-15,19,21,23,25-27,34H,7,13,16-18H2,1-2H3,(H,31,35)/t21?,23-,25+,26?,27?/m1/s1. The van der Waals surface area contributed by atoms with E-state index in [1.807, 2.05) is 62.4 Å². The molecule has 7 heteroatoms. The molecule has 0 aromatic heterocycles. The third-order valence-electron chi connectivity index (χ3n) is 7.87. The number of hydrogen-bond acceptors (Lipinski definition) is 4. The molecule has 5 atom stereocenters. The van der Waals surface area contributed by atoms with Gasteiger partial charge in [0.05, 0.1) is 12.1 Å². The summed E-state index contributed by atoms with van der Waals surface area (Å²) in [6.07, 6.45) is 5.59. The van der Waals surface area contributed by atoms with Crippen LogP contribution in [0.4, 0.5) is 0 Å². The molecule has 3 amide bonds. The fraction of sp³-hybridized carbons (Fsp3) is 0.433. The Morgan fingerprint density at radius 2 is 1.78 bits per heavy atom. The average Bonchev–Trinajstić information content (AvgIpc) is 3.63. The van der Waals surface area contributed by atoms with Gasteiger partial charge in [-0.1, -0.05) is 74.5 Å². The Kier molecular flexibility index (Phi) is 7.15. The minimum atomic E-state index is -0.791. The van der Waals surface area contributed by atoms with E-state index in [1.165, 1.54) is 4.90 Å². The molecule has 2 aromatic rings. The van der Waals surface area contributed by atoms with Crippen LogP contribution in [0.1, 0.15) is 60.6 Å². The van der Waals surface area contributed by atoms with Gasteiger partial charge in [-0.15, -0.1) is 0 Å². The second kappa shape index (κ2) is 10.5. The first kappa shape index (κ1) is 25.2. The summed E-state index contributed by atoms with van der Waals surface area (Å²) in [6.45, 7) is 4.27. The maximum Gasteiger partial charge on any atom is 0.255 e. The molecule has 37 heavy (non-hydrogen) atoms. The lowest BCUT2D eigenvalue weighted by atomic mass is 9.92. The maximum atomic E-state index is 14.0. The van der Waals surface area contributed by atoms with Gasteiger partial charge in [0.15, 0.2) is 0 Å². The van der Waals surface area contributed by atoms with Crippen LogP contribution in [0, 0.1) is 11.8 Å². The summed E-state index contributed by atoms with van der Waals surface area (Å²) in [5.74, 6) is -0.707. The number of aliphatic hydroxyl groups excluding tert-OH is 1. The van der Waals surface area contributed by atoms with Gasteiger partial charge in [-0.25, -0.2) is 0 Å². The lowest BCUT2D eigenvalue weighted by molar-refractivity contribution is -0.143. The summed E-state index contributed by atoms with van der Waals surface area (Å²) in [7, 11) is 0. The number of nitrogens with one attached hydrogen (secondary N) is 1. The largest absolute Gasteiger partial charge is 0.391 e. The molecule has 1 aliphatic carbocycles. The van der Waals surface area contributed by atoms with E-state index in [9.17, 15) is 19.5 Å². The Balaban J connectivity index is 1.37. The number of benzene rings is 2. The molecule has 7 nitrogen and oxygen atoms in total. The minimum Gasteiger partial charge on any atom is -0.391 e. The molecule has 0 bridgehead atoms. The van der Waals surface area contributed by atoms with Crippen LogP contribution in [0.15, 0.2) is 66.7 Å². The molecular formula is C30H35N3O4. The predicted molar refractivity (Wildman–Crippen MR) is 140 cm³/mol. The first-order valence-corrected chi connectivity index (χ1v) is 13.2. The second-order valence-corrected chi connectivity index (χ2v) is 10.7. The number of carbonyl (C=O) groups excluding carboxylic acids is 3. The number of fused-ring (bicyclic) bond motifs is 1. The highest BCUT2D eigenvalue weighted by Gasteiger charge is 2.46. The lowest BCUT2D eigenvalue weighted by Crippen LogP contribution is -2.55. The fourth-order valence-corrected chi connectivity index (χ4v) is 6.04. The zero-order valence-electron chi connectivity index (χ0n) is 21.4. The number of likely N-dealkylation sites (tertiary alicyclic amines) is 1. The van der Waals surface area contributed by atoms with Crippen LogP contribution < -0.4 is 5.32 Å². The van der Waals surface area contributed by atoms with E-state index >= 15 is 0 Å². The Morgan fingerprint density at radius 3 is 2.46 bits per heavy atom. The summed E-state index contributed by atoms with van der Waals surface area (Å²) >= 11 is 0. The van der Waals surface area contributed by atoms with E-state index < -0.39 is 18.2 Å². The number of allylic oxidation sites excluding steroid dienone is 1. The van der Waals surface area contributed by atoms with Crippen molar-refractivity contribution in [2.45, 2.75) is 63.9 Å². The maximum absolute atomic E-state index is 14.0. The summed E-state index contributed by atoms with van der Waals surface area (Å²) < 4.78 is 0. The summed E-state index contributed by atoms with van der Waals surface area (Å²) in [6, 6.07) is 15.6. The van der Waals surface area contributed by atoms with Crippen LogP contribution in [-0.2, 0) is 16.1 Å². The molecule has 2 N–H and O–H groups in total. The van der Waals surface area contributed by atoms with E-state index in [0.717, 1.165) is 24.0 Å². The van der Waals surface area contributed by atoms with Gasteiger partial charge in [-0.05, 0) is 36.0 Å². The number of nitrogens with zero attached hydrogens (tertiary/aromatic N) is 2. The summed E-state index contributed by atoms with van der Waals surface area (Å²) in [5, 5.41) is 13.8. The molecule has 2 aromatic carbocycles. The SMILES string of the molecule is CC(C)C(C(=O)N1C[C@H](O)C[C@H]1C(=O)NC(c1ccccc1)C1C=CCC1)N1Cc2ccccc2C1=O. The average molecular weight is 502 g/mol. The summed E-state index contributed by atoms with van der Waals surface area (Å²) in [5.41, 5.74) is 2.54. The van der Waals surface area contributed by atoms with Crippen LogP contribution >= 0.6 is 0 Å². The molecule has 0 radical (unpaired) electrons. The van der Waals surface area contributed by atoms with E-state index in [4.69, 9.17) is 0 Å². The van der Waals surface area contributed by atoms with Crippen molar-refractivity contribution >= 4 is 17.7 Å². The van der Waals surface area contributed by atoms with Crippen molar-refractivity contribution in [3.05, 3.63) is 83.4 Å². The second-order valence-electron chi connectivity index (χ2n) is 10.7. The Labute approximate surface area is 218 Å². The Hall–Kier alpha value is -3.45. The number of rotatable bonds is 7. The van der Waals surface area contributed by atoms with Crippen LogP contribution in [0.5, 0.6) is 0 Å². The predicted octanol–water partition coefficient (Wildman–Crippen LogP) is 3.45. The molecule has 1 fully saturated rings. The smallest absolute Gasteiger partial charge is 0.255 e. The van der Waals surface area contributed by atoms with Crippen LogP contribution in [0.2, 0.25) is 0 Å². The topological polar surface area (TPSA) is 89.9 Å². The fourth-order valence-electron chi connectivity index (χ4n) is 6.04. The van der Waals surface area contributed by atoms with E-state index in [0.29, 0.717) is 12.1 Å². The number of carbonyl (C=O) groups is 3. The highest BCUT2D eigenvalue weighted by atomic mass is 16.3. The highest BCUT2D eigenvalue weighted by molar-refractivity contribution is 6.01. The van der Waals surface area contributed by atoms with Crippen molar-refractivity contribution in [2.24, 2.45) is 11.8 Å². The van der Waals surface area contributed by atoms with Gasteiger partial charge >= 0.3 is 0 Å². The monoisotopic (exact) mass is 501 g/mol. The molecule has 5 rings (SSSR count).